The van der Waals surface area contributed by atoms with Crippen LogP contribution in [-0.2, 0) is 17.8 Å². The molecule has 1 N–H and O–H groups in total. The topological polar surface area (TPSA) is 50.3 Å². The number of hydrogen-bond acceptors (Lipinski definition) is 6. The van der Waals surface area contributed by atoms with E-state index in [4.69, 9.17) is 4.74 Å². The third-order valence-electron chi connectivity index (χ3n) is 4.48. The van der Waals surface area contributed by atoms with Crippen LogP contribution in [0.25, 0.3) is 10.2 Å². The van der Waals surface area contributed by atoms with Crippen molar-refractivity contribution in [3.8, 4) is 0 Å². The van der Waals surface area contributed by atoms with Crippen LogP contribution < -0.4 is 5.32 Å². The van der Waals surface area contributed by atoms with Crippen LogP contribution in [0.15, 0.2) is 6.33 Å². The molecule has 0 aliphatic carbocycles. The standard InChI is InChI=1S/C17H26N4OS/c1-5-21(6-2)8-7-18-15-14-12-9-17(3,4)22-10-13(12)23-16(14)20-11-19-15/h11H,5-10H2,1-4H3,(H,18,19,20). The van der Waals surface area contributed by atoms with E-state index < -0.39 is 0 Å². The molecule has 0 bridgehead atoms. The normalized spacial score (nSPS) is 16.7. The Morgan fingerprint density at radius 2 is 2.09 bits per heavy atom. The molecule has 0 aromatic carbocycles. The zero-order chi connectivity index (χ0) is 16.4. The van der Waals surface area contributed by atoms with E-state index in [0.717, 1.165) is 43.2 Å². The van der Waals surface area contributed by atoms with Gasteiger partial charge in [0.15, 0.2) is 0 Å². The summed E-state index contributed by atoms with van der Waals surface area (Å²) in [6.07, 6.45) is 2.58. The van der Waals surface area contributed by atoms with Crippen molar-refractivity contribution >= 4 is 27.4 Å². The van der Waals surface area contributed by atoms with Crippen molar-refractivity contribution in [1.29, 1.82) is 0 Å². The smallest absolute Gasteiger partial charge is 0.138 e. The number of anilines is 1. The first kappa shape index (κ1) is 16.6. The molecule has 0 saturated carbocycles. The van der Waals surface area contributed by atoms with Crippen LogP contribution in [0.2, 0.25) is 0 Å². The second kappa shape index (κ2) is 6.71. The summed E-state index contributed by atoms with van der Waals surface area (Å²) in [4.78, 5) is 13.8. The fourth-order valence-corrected chi connectivity index (χ4v) is 4.15. The van der Waals surface area contributed by atoms with E-state index in [9.17, 15) is 0 Å². The van der Waals surface area contributed by atoms with Gasteiger partial charge in [-0.05, 0) is 32.5 Å². The Balaban J connectivity index is 1.85. The Labute approximate surface area is 142 Å². The number of aromatic nitrogens is 2. The predicted molar refractivity (Wildman–Crippen MR) is 96.3 cm³/mol. The summed E-state index contributed by atoms with van der Waals surface area (Å²) < 4.78 is 5.94. The maximum Gasteiger partial charge on any atom is 0.138 e. The van der Waals surface area contributed by atoms with E-state index in [-0.39, 0.29) is 5.60 Å². The fraction of sp³-hybridized carbons (Fsp3) is 0.647. The number of thiophene rings is 1. The molecule has 1 aliphatic heterocycles. The van der Waals surface area contributed by atoms with Gasteiger partial charge < -0.3 is 15.0 Å². The third-order valence-corrected chi connectivity index (χ3v) is 5.60. The highest BCUT2D eigenvalue weighted by molar-refractivity contribution is 7.18. The van der Waals surface area contributed by atoms with Gasteiger partial charge in [0.1, 0.15) is 17.0 Å². The molecule has 6 heteroatoms. The maximum atomic E-state index is 5.94. The molecule has 2 aromatic rings. The Kier molecular flexibility index (Phi) is 4.85. The molecule has 126 valence electrons. The van der Waals surface area contributed by atoms with Crippen LogP contribution in [0, 0.1) is 0 Å². The first-order valence-electron chi connectivity index (χ1n) is 8.39. The van der Waals surface area contributed by atoms with Gasteiger partial charge in [0.05, 0.1) is 17.6 Å². The second-order valence-electron chi connectivity index (χ2n) is 6.59. The van der Waals surface area contributed by atoms with Gasteiger partial charge in [-0.1, -0.05) is 13.8 Å². The molecule has 0 saturated heterocycles. The van der Waals surface area contributed by atoms with E-state index in [1.54, 1.807) is 17.7 Å². The molecular weight excluding hydrogens is 308 g/mol. The Bertz CT molecular complexity index is 679. The van der Waals surface area contributed by atoms with E-state index in [2.05, 4.69) is 47.9 Å². The molecule has 0 radical (unpaired) electrons. The molecule has 0 unspecified atom stereocenters. The molecular formula is C17H26N4OS. The average Bonchev–Trinajstić information content (AvgIpc) is 2.89. The predicted octanol–water partition coefficient (Wildman–Crippen LogP) is 3.30. The van der Waals surface area contributed by atoms with E-state index >= 15 is 0 Å². The lowest BCUT2D eigenvalue weighted by atomic mass is 9.94. The van der Waals surface area contributed by atoms with Crippen molar-refractivity contribution in [1.82, 2.24) is 14.9 Å². The second-order valence-corrected chi connectivity index (χ2v) is 7.67. The number of nitrogens with one attached hydrogen (secondary N) is 1. The summed E-state index contributed by atoms with van der Waals surface area (Å²) in [5.41, 5.74) is 1.25. The highest BCUT2D eigenvalue weighted by Crippen LogP contribution is 2.40. The first-order valence-corrected chi connectivity index (χ1v) is 9.21. The molecule has 5 nitrogen and oxygen atoms in total. The van der Waals surface area contributed by atoms with Crippen molar-refractivity contribution in [2.24, 2.45) is 0 Å². The largest absolute Gasteiger partial charge is 0.370 e. The summed E-state index contributed by atoms with van der Waals surface area (Å²) >= 11 is 1.74. The van der Waals surface area contributed by atoms with Gasteiger partial charge in [0.2, 0.25) is 0 Å². The molecule has 1 aliphatic rings. The molecule has 0 fully saturated rings. The van der Waals surface area contributed by atoms with Crippen LogP contribution >= 0.6 is 11.3 Å². The van der Waals surface area contributed by atoms with Gasteiger partial charge in [-0.2, -0.15) is 0 Å². The number of hydrogen-bond donors (Lipinski definition) is 1. The SMILES string of the molecule is CCN(CC)CCNc1ncnc2sc3c(c12)CC(C)(C)OC3. The Hall–Kier alpha value is -1.24. The lowest BCUT2D eigenvalue weighted by molar-refractivity contribution is -0.0379. The minimum absolute atomic E-state index is 0.116. The summed E-state index contributed by atoms with van der Waals surface area (Å²) in [6.45, 7) is 13.5. The summed E-state index contributed by atoms with van der Waals surface area (Å²) in [5, 5.41) is 4.72. The number of likely N-dealkylation sites (N-methyl/N-ethyl adjacent to an activating group) is 1. The van der Waals surface area contributed by atoms with E-state index in [0.29, 0.717) is 6.61 Å². The summed E-state index contributed by atoms with van der Waals surface area (Å²) in [5.74, 6) is 0.970. The lowest BCUT2D eigenvalue weighted by Gasteiger charge is -2.30. The molecule has 0 atom stereocenters. The van der Waals surface area contributed by atoms with E-state index in [1.165, 1.54) is 15.8 Å². The average molecular weight is 334 g/mol. The number of fused-ring (bicyclic) bond motifs is 3. The molecule has 0 spiro atoms. The number of ether oxygens (including phenoxy) is 1. The first-order chi connectivity index (χ1) is 11.0. The summed E-state index contributed by atoms with van der Waals surface area (Å²) in [7, 11) is 0. The number of rotatable bonds is 6. The van der Waals surface area contributed by atoms with E-state index in [1.807, 2.05) is 0 Å². The van der Waals surface area contributed by atoms with Crippen molar-refractivity contribution in [2.75, 3.05) is 31.5 Å². The minimum Gasteiger partial charge on any atom is -0.370 e. The van der Waals surface area contributed by atoms with Crippen molar-refractivity contribution in [2.45, 2.75) is 46.3 Å². The van der Waals surface area contributed by atoms with Gasteiger partial charge in [0, 0.05) is 24.4 Å². The lowest BCUT2D eigenvalue weighted by Crippen LogP contribution is -2.31. The Morgan fingerprint density at radius 1 is 1.30 bits per heavy atom. The van der Waals surface area contributed by atoms with Crippen molar-refractivity contribution in [3.63, 3.8) is 0 Å². The molecule has 23 heavy (non-hydrogen) atoms. The highest BCUT2D eigenvalue weighted by atomic mass is 32.1. The minimum atomic E-state index is -0.116. The molecule has 3 heterocycles. The quantitative estimate of drug-likeness (QED) is 0.878. The number of nitrogens with zero attached hydrogens (tertiary/aromatic N) is 3. The van der Waals surface area contributed by atoms with Crippen LogP contribution in [-0.4, -0.2) is 46.6 Å². The third kappa shape index (κ3) is 3.49. The Morgan fingerprint density at radius 3 is 2.83 bits per heavy atom. The zero-order valence-electron chi connectivity index (χ0n) is 14.5. The summed E-state index contributed by atoms with van der Waals surface area (Å²) in [6, 6.07) is 0. The molecule has 0 amide bonds. The van der Waals surface area contributed by atoms with Gasteiger partial charge in [-0.25, -0.2) is 9.97 Å². The molecule has 2 aromatic heterocycles. The fourth-order valence-electron chi connectivity index (χ4n) is 3.08. The van der Waals surface area contributed by atoms with Crippen LogP contribution in [0.5, 0.6) is 0 Å². The van der Waals surface area contributed by atoms with Crippen molar-refractivity contribution in [3.05, 3.63) is 16.8 Å². The van der Waals surface area contributed by atoms with Crippen LogP contribution in [0.1, 0.15) is 38.1 Å². The maximum absolute atomic E-state index is 5.94. The van der Waals surface area contributed by atoms with Gasteiger partial charge in [0.25, 0.3) is 0 Å². The molecule has 3 rings (SSSR count). The van der Waals surface area contributed by atoms with Crippen LogP contribution in [0.4, 0.5) is 5.82 Å². The zero-order valence-corrected chi connectivity index (χ0v) is 15.3. The highest BCUT2D eigenvalue weighted by Gasteiger charge is 2.30. The van der Waals surface area contributed by atoms with Crippen molar-refractivity contribution < 1.29 is 4.74 Å². The van der Waals surface area contributed by atoms with Gasteiger partial charge >= 0.3 is 0 Å². The monoisotopic (exact) mass is 334 g/mol. The van der Waals surface area contributed by atoms with Crippen LogP contribution in [0.3, 0.4) is 0 Å². The van der Waals surface area contributed by atoms with Gasteiger partial charge in [-0.15, -0.1) is 11.3 Å². The van der Waals surface area contributed by atoms with Gasteiger partial charge in [-0.3, -0.25) is 0 Å².